The lowest BCUT2D eigenvalue weighted by Crippen LogP contribution is -2.17. The van der Waals surface area contributed by atoms with Crippen LogP contribution in [0.5, 0.6) is 0 Å². The van der Waals surface area contributed by atoms with Crippen LogP contribution in [0.4, 0.5) is 19.1 Å². The number of rotatable bonds is 3. The number of nitrogens with zero attached hydrogens (tertiary/aromatic N) is 2. The van der Waals surface area contributed by atoms with E-state index in [1.807, 2.05) is 0 Å². The SMILES string of the molecule is Cc1cn(-c2cc(F)c(F)c(F)c2)c(NC2CCCC2)n1. The molecule has 0 unspecified atom stereocenters. The molecule has 1 saturated carbocycles. The first-order valence-corrected chi connectivity index (χ1v) is 7.02. The van der Waals surface area contributed by atoms with Gasteiger partial charge in [0.25, 0.3) is 0 Å². The Balaban J connectivity index is 1.98. The molecule has 3 nitrogen and oxygen atoms in total. The van der Waals surface area contributed by atoms with Crippen LogP contribution in [0.25, 0.3) is 5.69 Å². The van der Waals surface area contributed by atoms with Gasteiger partial charge >= 0.3 is 0 Å². The molecule has 112 valence electrons. The minimum Gasteiger partial charge on any atom is -0.353 e. The first-order chi connectivity index (χ1) is 10.0. The molecule has 2 aromatic rings. The summed E-state index contributed by atoms with van der Waals surface area (Å²) in [5.41, 5.74) is 0.938. The van der Waals surface area contributed by atoms with Gasteiger partial charge in [-0.3, -0.25) is 4.57 Å². The van der Waals surface area contributed by atoms with Crippen LogP contribution in [0.2, 0.25) is 0 Å². The van der Waals surface area contributed by atoms with Crippen molar-refractivity contribution >= 4 is 5.95 Å². The normalized spacial score (nSPS) is 15.6. The van der Waals surface area contributed by atoms with Crippen LogP contribution < -0.4 is 5.32 Å². The van der Waals surface area contributed by atoms with E-state index < -0.39 is 17.5 Å². The second-order valence-corrected chi connectivity index (χ2v) is 5.43. The van der Waals surface area contributed by atoms with Crippen LogP contribution in [-0.4, -0.2) is 15.6 Å². The molecule has 0 amide bonds. The molecule has 1 heterocycles. The Labute approximate surface area is 120 Å². The standard InChI is InChI=1S/C15H16F3N3/c1-9-8-21(11-6-12(16)14(18)13(17)7-11)15(19-9)20-10-4-2-3-5-10/h6-8,10H,2-5H2,1H3,(H,19,20). The van der Waals surface area contributed by atoms with E-state index in [-0.39, 0.29) is 5.69 Å². The fourth-order valence-electron chi connectivity index (χ4n) is 2.73. The van der Waals surface area contributed by atoms with Crippen LogP contribution in [0, 0.1) is 24.4 Å². The van der Waals surface area contributed by atoms with Crippen molar-refractivity contribution in [3.05, 3.63) is 41.5 Å². The van der Waals surface area contributed by atoms with Crippen LogP contribution in [-0.2, 0) is 0 Å². The topological polar surface area (TPSA) is 29.9 Å². The zero-order valence-corrected chi connectivity index (χ0v) is 11.7. The van der Waals surface area contributed by atoms with Crippen molar-refractivity contribution in [2.75, 3.05) is 5.32 Å². The van der Waals surface area contributed by atoms with Gasteiger partial charge in [0, 0.05) is 24.4 Å². The minimum absolute atomic E-state index is 0.215. The number of benzene rings is 1. The van der Waals surface area contributed by atoms with Gasteiger partial charge < -0.3 is 5.32 Å². The molecule has 21 heavy (non-hydrogen) atoms. The molecular weight excluding hydrogens is 279 g/mol. The lowest BCUT2D eigenvalue weighted by atomic mass is 10.2. The van der Waals surface area contributed by atoms with Crippen molar-refractivity contribution in [2.24, 2.45) is 0 Å². The third-order valence-corrected chi connectivity index (χ3v) is 3.76. The highest BCUT2D eigenvalue weighted by Gasteiger charge is 2.19. The van der Waals surface area contributed by atoms with Crippen LogP contribution in [0.1, 0.15) is 31.4 Å². The van der Waals surface area contributed by atoms with E-state index in [1.54, 1.807) is 17.7 Å². The van der Waals surface area contributed by atoms with Gasteiger partial charge in [0.05, 0.1) is 11.4 Å². The number of nitrogens with one attached hydrogen (secondary N) is 1. The van der Waals surface area contributed by atoms with Gasteiger partial charge in [0.15, 0.2) is 17.5 Å². The van der Waals surface area contributed by atoms with E-state index in [2.05, 4.69) is 10.3 Å². The Morgan fingerprint density at radius 2 is 1.76 bits per heavy atom. The largest absolute Gasteiger partial charge is 0.353 e. The monoisotopic (exact) mass is 295 g/mol. The van der Waals surface area contributed by atoms with E-state index in [0.717, 1.165) is 43.5 Å². The van der Waals surface area contributed by atoms with Gasteiger partial charge in [-0.15, -0.1) is 0 Å². The van der Waals surface area contributed by atoms with Crippen LogP contribution in [0.15, 0.2) is 18.3 Å². The van der Waals surface area contributed by atoms with Crippen molar-refractivity contribution in [1.29, 1.82) is 0 Å². The number of hydrogen-bond acceptors (Lipinski definition) is 2. The third kappa shape index (κ3) is 2.75. The fourth-order valence-corrected chi connectivity index (χ4v) is 2.73. The summed E-state index contributed by atoms with van der Waals surface area (Å²) >= 11 is 0. The van der Waals surface area contributed by atoms with Gasteiger partial charge in [-0.2, -0.15) is 0 Å². The number of anilines is 1. The van der Waals surface area contributed by atoms with E-state index in [9.17, 15) is 13.2 Å². The molecule has 1 N–H and O–H groups in total. The minimum atomic E-state index is -1.46. The summed E-state index contributed by atoms with van der Waals surface area (Å²) in [6, 6.07) is 2.26. The highest BCUT2D eigenvalue weighted by Crippen LogP contribution is 2.25. The highest BCUT2D eigenvalue weighted by molar-refractivity contribution is 5.44. The quantitative estimate of drug-likeness (QED) is 0.869. The molecule has 0 bridgehead atoms. The maximum absolute atomic E-state index is 13.4. The molecule has 1 aromatic carbocycles. The third-order valence-electron chi connectivity index (χ3n) is 3.76. The summed E-state index contributed by atoms with van der Waals surface area (Å²) in [6.07, 6.45) is 6.10. The van der Waals surface area contributed by atoms with E-state index in [4.69, 9.17) is 0 Å². The summed E-state index contributed by atoms with van der Waals surface area (Å²) in [6.45, 7) is 1.80. The van der Waals surface area contributed by atoms with Crippen molar-refractivity contribution in [3.63, 3.8) is 0 Å². The number of aromatic nitrogens is 2. The summed E-state index contributed by atoms with van der Waals surface area (Å²) < 4.78 is 41.4. The fraction of sp³-hybridized carbons (Fsp3) is 0.400. The smallest absolute Gasteiger partial charge is 0.207 e. The number of aryl methyl sites for hydroxylation is 1. The van der Waals surface area contributed by atoms with Gasteiger partial charge in [0.1, 0.15) is 0 Å². The number of hydrogen-bond donors (Lipinski definition) is 1. The average Bonchev–Trinajstić information content (AvgIpc) is 3.06. The van der Waals surface area contributed by atoms with E-state index in [1.165, 1.54) is 0 Å². The highest BCUT2D eigenvalue weighted by atomic mass is 19.2. The van der Waals surface area contributed by atoms with Crippen molar-refractivity contribution in [2.45, 2.75) is 38.6 Å². The molecule has 0 atom stereocenters. The van der Waals surface area contributed by atoms with Crippen molar-refractivity contribution in [1.82, 2.24) is 9.55 Å². The van der Waals surface area contributed by atoms with Crippen molar-refractivity contribution in [3.8, 4) is 5.69 Å². The molecule has 1 aromatic heterocycles. The summed E-state index contributed by atoms with van der Waals surface area (Å²) in [7, 11) is 0. The predicted molar refractivity (Wildman–Crippen MR) is 74.1 cm³/mol. The lowest BCUT2D eigenvalue weighted by Gasteiger charge is -2.15. The van der Waals surface area contributed by atoms with E-state index >= 15 is 0 Å². The molecule has 6 heteroatoms. The van der Waals surface area contributed by atoms with Crippen LogP contribution >= 0.6 is 0 Å². The molecule has 1 aliphatic carbocycles. The number of halogens is 3. The van der Waals surface area contributed by atoms with Crippen molar-refractivity contribution < 1.29 is 13.2 Å². The maximum Gasteiger partial charge on any atom is 0.207 e. The zero-order valence-electron chi connectivity index (χ0n) is 11.7. The average molecular weight is 295 g/mol. The summed E-state index contributed by atoms with van der Waals surface area (Å²) in [5.74, 6) is -3.34. The van der Waals surface area contributed by atoms with Gasteiger partial charge in [0.2, 0.25) is 5.95 Å². The Hall–Kier alpha value is -1.98. The molecule has 3 rings (SSSR count). The summed E-state index contributed by atoms with van der Waals surface area (Å²) in [5, 5.41) is 3.30. The second-order valence-electron chi connectivity index (χ2n) is 5.43. The molecule has 0 aliphatic heterocycles. The molecule has 1 aliphatic rings. The molecule has 0 saturated heterocycles. The Morgan fingerprint density at radius 3 is 2.38 bits per heavy atom. The number of imidazole rings is 1. The lowest BCUT2D eigenvalue weighted by molar-refractivity contribution is 0.446. The first-order valence-electron chi connectivity index (χ1n) is 7.02. The van der Waals surface area contributed by atoms with E-state index in [0.29, 0.717) is 12.0 Å². The Morgan fingerprint density at radius 1 is 1.14 bits per heavy atom. The molecule has 0 spiro atoms. The second kappa shape index (κ2) is 5.42. The Bertz CT molecular complexity index is 637. The Kier molecular flexibility index (Phi) is 3.61. The van der Waals surface area contributed by atoms with Gasteiger partial charge in [-0.25, -0.2) is 18.2 Å². The van der Waals surface area contributed by atoms with Gasteiger partial charge in [-0.1, -0.05) is 12.8 Å². The molecule has 1 fully saturated rings. The van der Waals surface area contributed by atoms with Gasteiger partial charge in [-0.05, 0) is 19.8 Å². The predicted octanol–water partition coefficient (Wildman–Crippen LogP) is 3.95. The first kappa shape index (κ1) is 14.0. The summed E-state index contributed by atoms with van der Waals surface area (Å²) in [4.78, 5) is 4.35. The zero-order chi connectivity index (χ0) is 15.0. The molecule has 0 radical (unpaired) electrons. The molecular formula is C15H16F3N3. The van der Waals surface area contributed by atoms with Crippen LogP contribution in [0.3, 0.4) is 0 Å². The maximum atomic E-state index is 13.4.